The van der Waals surface area contributed by atoms with Crippen molar-refractivity contribution in [3.63, 3.8) is 0 Å². The zero-order chi connectivity index (χ0) is 15.2. The van der Waals surface area contributed by atoms with Crippen LogP contribution in [0.15, 0.2) is 0 Å². The fraction of sp³-hybridized carbons (Fsp3) is 0.733. The molecule has 1 heterocycles. The van der Waals surface area contributed by atoms with E-state index in [0.717, 1.165) is 42.4 Å². The van der Waals surface area contributed by atoms with E-state index < -0.39 is 0 Å². The van der Waals surface area contributed by atoms with E-state index in [0.29, 0.717) is 6.42 Å². The molecule has 0 radical (unpaired) electrons. The van der Waals surface area contributed by atoms with Crippen LogP contribution in [0.4, 0.5) is 11.6 Å². The summed E-state index contributed by atoms with van der Waals surface area (Å²) in [6.45, 7) is 11.4. The average molecular weight is 280 g/mol. The Kier molecular flexibility index (Phi) is 6.20. The topological polar surface area (TPSA) is 70.1 Å². The van der Waals surface area contributed by atoms with Crippen LogP contribution in [-0.2, 0) is 6.42 Å². The summed E-state index contributed by atoms with van der Waals surface area (Å²) in [7, 11) is 0. The van der Waals surface area contributed by atoms with E-state index >= 15 is 0 Å². The highest BCUT2D eigenvalue weighted by Crippen LogP contribution is 2.24. The number of nitrogens with zero attached hydrogens (tertiary/aromatic N) is 2. The van der Waals surface area contributed by atoms with Gasteiger partial charge >= 0.3 is 0 Å². The predicted molar refractivity (Wildman–Crippen MR) is 84.3 cm³/mol. The molecule has 0 bridgehead atoms. The van der Waals surface area contributed by atoms with E-state index in [1.165, 1.54) is 0 Å². The van der Waals surface area contributed by atoms with E-state index in [-0.39, 0.29) is 12.1 Å². The van der Waals surface area contributed by atoms with Crippen molar-refractivity contribution >= 4 is 11.6 Å². The van der Waals surface area contributed by atoms with Gasteiger partial charge in [-0.2, -0.15) is 0 Å². The molecule has 3 N–H and O–H groups in total. The zero-order valence-corrected chi connectivity index (χ0v) is 13.4. The highest BCUT2D eigenvalue weighted by Gasteiger charge is 2.20. The van der Waals surface area contributed by atoms with Crippen LogP contribution in [0.2, 0.25) is 0 Å². The fourth-order valence-corrected chi connectivity index (χ4v) is 1.92. The zero-order valence-electron chi connectivity index (χ0n) is 13.4. The number of hydrogen-bond donors (Lipinski definition) is 3. The van der Waals surface area contributed by atoms with Gasteiger partial charge in [0.25, 0.3) is 0 Å². The minimum Gasteiger partial charge on any atom is -0.396 e. The van der Waals surface area contributed by atoms with Crippen molar-refractivity contribution in [1.29, 1.82) is 0 Å². The summed E-state index contributed by atoms with van der Waals surface area (Å²) in [6.07, 6.45) is 2.54. The van der Waals surface area contributed by atoms with E-state index in [4.69, 9.17) is 5.11 Å². The highest BCUT2D eigenvalue weighted by atomic mass is 16.3. The molecule has 0 aliphatic carbocycles. The van der Waals surface area contributed by atoms with Gasteiger partial charge in [0.05, 0.1) is 0 Å². The molecule has 0 amide bonds. The van der Waals surface area contributed by atoms with Gasteiger partial charge in [-0.15, -0.1) is 0 Å². The first-order valence-corrected chi connectivity index (χ1v) is 7.44. The second-order valence-electron chi connectivity index (χ2n) is 5.72. The largest absolute Gasteiger partial charge is 0.396 e. The van der Waals surface area contributed by atoms with Crippen LogP contribution in [-0.4, -0.2) is 33.8 Å². The maximum atomic E-state index is 9.14. The number of hydrogen-bond acceptors (Lipinski definition) is 5. The molecule has 1 aromatic heterocycles. The number of aliphatic hydroxyl groups is 1. The van der Waals surface area contributed by atoms with Crippen LogP contribution in [0.5, 0.6) is 0 Å². The van der Waals surface area contributed by atoms with Gasteiger partial charge in [-0.3, -0.25) is 0 Å². The molecule has 0 fully saturated rings. The van der Waals surface area contributed by atoms with Gasteiger partial charge in [0, 0.05) is 30.7 Å². The predicted octanol–water partition coefficient (Wildman–Crippen LogP) is 2.74. The van der Waals surface area contributed by atoms with Crippen molar-refractivity contribution < 1.29 is 5.11 Å². The summed E-state index contributed by atoms with van der Waals surface area (Å²) in [6, 6.07) is 0. The molecule has 0 unspecified atom stereocenters. The van der Waals surface area contributed by atoms with Crippen molar-refractivity contribution in [3.8, 4) is 0 Å². The quantitative estimate of drug-likeness (QED) is 0.683. The van der Waals surface area contributed by atoms with Gasteiger partial charge in [0.2, 0.25) is 0 Å². The molecule has 5 heteroatoms. The molecule has 0 spiro atoms. The Balaban J connectivity index is 3.04. The Morgan fingerprint density at radius 3 is 2.35 bits per heavy atom. The molecule has 0 saturated heterocycles. The van der Waals surface area contributed by atoms with Gasteiger partial charge in [0.15, 0.2) is 0 Å². The van der Waals surface area contributed by atoms with Crippen molar-refractivity contribution in [2.75, 3.05) is 23.8 Å². The molecular formula is C15H28N4O. The lowest BCUT2D eigenvalue weighted by molar-refractivity contribution is 0.260. The van der Waals surface area contributed by atoms with E-state index in [9.17, 15) is 0 Å². The Morgan fingerprint density at radius 2 is 1.80 bits per heavy atom. The first-order valence-electron chi connectivity index (χ1n) is 7.44. The number of nitrogens with one attached hydrogen (secondary N) is 2. The third-order valence-corrected chi connectivity index (χ3v) is 3.24. The molecule has 5 nitrogen and oxygen atoms in total. The van der Waals surface area contributed by atoms with Crippen LogP contribution in [0.1, 0.15) is 51.9 Å². The summed E-state index contributed by atoms with van der Waals surface area (Å²) in [4.78, 5) is 9.14. The molecular weight excluding hydrogens is 252 g/mol. The van der Waals surface area contributed by atoms with E-state index in [1.807, 2.05) is 6.92 Å². The Hall–Kier alpha value is -1.36. The average Bonchev–Trinajstić information content (AvgIpc) is 2.39. The lowest BCUT2D eigenvalue weighted by Crippen LogP contribution is -2.33. The number of rotatable bonds is 8. The third kappa shape index (κ3) is 4.63. The van der Waals surface area contributed by atoms with Crippen molar-refractivity contribution in [2.45, 2.75) is 59.4 Å². The second kappa shape index (κ2) is 7.43. The van der Waals surface area contributed by atoms with Gasteiger partial charge in [-0.05, 0) is 33.6 Å². The molecule has 20 heavy (non-hydrogen) atoms. The smallest absolute Gasteiger partial charge is 0.135 e. The number of aliphatic hydroxyl groups excluding tert-OH is 1. The molecule has 0 saturated carbocycles. The Bertz CT molecular complexity index is 432. The van der Waals surface area contributed by atoms with Crippen molar-refractivity contribution in [3.05, 3.63) is 11.4 Å². The van der Waals surface area contributed by atoms with Crippen molar-refractivity contribution in [1.82, 2.24) is 9.97 Å². The van der Waals surface area contributed by atoms with Crippen LogP contribution in [0.3, 0.4) is 0 Å². The molecule has 114 valence electrons. The highest BCUT2D eigenvalue weighted by molar-refractivity contribution is 5.58. The Morgan fingerprint density at radius 1 is 1.15 bits per heavy atom. The second-order valence-corrected chi connectivity index (χ2v) is 5.72. The van der Waals surface area contributed by atoms with Crippen LogP contribution < -0.4 is 10.6 Å². The van der Waals surface area contributed by atoms with Crippen molar-refractivity contribution in [2.24, 2.45) is 0 Å². The Labute approximate surface area is 122 Å². The van der Waals surface area contributed by atoms with Crippen LogP contribution in [0, 0.1) is 6.92 Å². The summed E-state index contributed by atoms with van der Waals surface area (Å²) >= 11 is 0. The molecule has 0 aliphatic heterocycles. The summed E-state index contributed by atoms with van der Waals surface area (Å²) in [5.41, 5.74) is 0.836. The van der Waals surface area contributed by atoms with Gasteiger partial charge in [-0.1, -0.05) is 13.8 Å². The summed E-state index contributed by atoms with van der Waals surface area (Å²) in [5.74, 6) is 2.59. The molecule has 1 aromatic rings. The molecule has 1 rings (SSSR count). The fourth-order valence-electron chi connectivity index (χ4n) is 1.92. The lowest BCUT2D eigenvalue weighted by Gasteiger charge is -2.27. The van der Waals surface area contributed by atoms with E-state index in [1.54, 1.807) is 0 Å². The maximum Gasteiger partial charge on any atom is 0.135 e. The van der Waals surface area contributed by atoms with Crippen LogP contribution in [0.25, 0.3) is 0 Å². The minimum absolute atomic E-state index is 0.158. The summed E-state index contributed by atoms with van der Waals surface area (Å²) < 4.78 is 0. The first-order chi connectivity index (χ1) is 9.43. The van der Waals surface area contributed by atoms with Gasteiger partial charge < -0.3 is 15.7 Å². The van der Waals surface area contributed by atoms with Gasteiger partial charge in [-0.25, -0.2) is 9.97 Å². The third-order valence-electron chi connectivity index (χ3n) is 3.24. The van der Waals surface area contributed by atoms with E-state index in [2.05, 4.69) is 48.3 Å². The first kappa shape index (κ1) is 16.7. The van der Waals surface area contributed by atoms with Gasteiger partial charge in [0.1, 0.15) is 17.5 Å². The number of anilines is 2. The maximum absolute atomic E-state index is 9.14. The molecule has 0 atom stereocenters. The standard InChI is InChI=1S/C15H28N4O/c1-6-9-16-13-11(3)14(18-12(7-2)17-13)19-15(4,5)8-10-20/h20H,6-10H2,1-5H3,(H2,16,17,18,19). The van der Waals surface area contributed by atoms with Crippen LogP contribution >= 0.6 is 0 Å². The monoisotopic (exact) mass is 280 g/mol. The molecule has 0 aliphatic rings. The number of aromatic nitrogens is 2. The SMILES string of the molecule is CCCNc1nc(CC)nc(NC(C)(C)CCO)c1C. The normalized spacial score (nSPS) is 11.5. The lowest BCUT2D eigenvalue weighted by atomic mass is 10.0. The minimum atomic E-state index is -0.194. The number of aryl methyl sites for hydroxylation is 1. The summed E-state index contributed by atoms with van der Waals surface area (Å²) in [5, 5.41) is 15.9. The molecule has 0 aromatic carbocycles.